The molecule has 8 heteroatoms. The highest BCUT2D eigenvalue weighted by Crippen LogP contribution is 2.23. The second kappa shape index (κ2) is 6.20. The summed E-state index contributed by atoms with van der Waals surface area (Å²) in [6.07, 6.45) is -3.27. The minimum atomic E-state index is -4.70. The van der Waals surface area contributed by atoms with Crippen molar-refractivity contribution in [2.24, 2.45) is 0 Å². The van der Waals surface area contributed by atoms with E-state index in [-0.39, 0.29) is 11.5 Å². The molecule has 5 nitrogen and oxygen atoms in total. The molecule has 1 aromatic heterocycles. The van der Waals surface area contributed by atoms with Crippen LogP contribution in [-0.4, -0.2) is 27.5 Å². The van der Waals surface area contributed by atoms with Gasteiger partial charge in [-0.15, -0.1) is 13.2 Å². The van der Waals surface area contributed by atoms with Crippen LogP contribution in [-0.2, 0) is 19.6 Å². The van der Waals surface area contributed by atoms with Gasteiger partial charge in [-0.2, -0.15) is 0 Å². The summed E-state index contributed by atoms with van der Waals surface area (Å²) in [4.78, 5) is 13.6. The van der Waals surface area contributed by atoms with Gasteiger partial charge in [-0.25, -0.2) is 0 Å². The van der Waals surface area contributed by atoms with Crippen molar-refractivity contribution in [2.75, 3.05) is 6.54 Å². The Kier molecular flexibility index (Phi) is 4.23. The van der Waals surface area contributed by atoms with Gasteiger partial charge in [0, 0.05) is 37.9 Å². The first-order chi connectivity index (χ1) is 11.3. The van der Waals surface area contributed by atoms with Crippen LogP contribution in [0.5, 0.6) is 11.5 Å². The van der Waals surface area contributed by atoms with Gasteiger partial charge >= 0.3 is 6.36 Å². The van der Waals surface area contributed by atoms with Crippen LogP contribution in [0.1, 0.15) is 11.3 Å². The second-order valence-corrected chi connectivity index (χ2v) is 5.61. The van der Waals surface area contributed by atoms with Gasteiger partial charge in [0.2, 0.25) is 5.43 Å². The summed E-state index contributed by atoms with van der Waals surface area (Å²) in [6.45, 7) is 2.40. The van der Waals surface area contributed by atoms with Crippen molar-refractivity contribution in [3.05, 3.63) is 58.0 Å². The molecule has 0 unspecified atom stereocenters. The van der Waals surface area contributed by atoms with Crippen molar-refractivity contribution in [3.8, 4) is 11.5 Å². The number of halogens is 3. The standard InChI is InChI=1S/C16H15F3N2O3/c17-16(18,19)24-13-3-1-11(2-4-13)8-20-5-6-21-10-15(23)14(22)7-12(21)9-20/h1-4,7,10,23H,5-6,8-9H2. The smallest absolute Gasteiger partial charge is 0.503 e. The first-order valence-corrected chi connectivity index (χ1v) is 7.29. The number of hydrogen-bond acceptors (Lipinski definition) is 4. The fourth-order valence-electron chi connectivity index (χ4n) is 2.69. The molecule has 0 saturated carbocycles. The monoisotopic (exact) mass is 340 g/mol. The maximum absolute atomic E-state index is 12.1. The van der Waals surface area contributed by atoms with Crippen LogP contribution in [0.25, 0.3) is 0 Å². The molecule has 1 aromatic carbocycles. The van der Waals surface area contributed by atoms with Crippen molar-refractivity contribution in [1.82, 2.24) is 9.47 Å². The van der Waals surface area contributed by atoms with E-state index in [1.807, 2.05) is 4.57 Å². The quantitative estimate of drug-likeness (QED) is 0.933. The largest absolute Gasteiger partial charge is 0.573 e. The zero-order valence-electron chi connectivity index (χ0n) is 12.6. The van der Waals surface area contributed by atoms with E-state index in [9.17, 15) is 23.1 Å². The third-order valence-corrected chi connectivity index (χ3v) is 3.80. The van der Waals surface area contributed by atoms with Crippen molar-refractivity contribution >= 4 is 0 Å². The molecule has 3 rings (SSSR count). The summed E-state index contributed by atoms with van der Waals surface area (Å²) in [5.74, 6) is -0.523. The van der Waals surface area contributed by atoms with Crippen molar-refractivity contribution in [2.45, 2.75) is 26.0 Å². The lowest BCUT2D eigenvalue weighted by molar-refractivity contribution is -0.274. The van der Waals surface area contributed by atoms with Crippen LogP contribution in [0, 0.1) is 0 Å². The molecule has 1 aliphatic rings. The van der Waals surface area contributed by atoms with Crippen molar-refractivity contribution < 1.29 is 23.0 Å². The van der Waals surface area contributed by atoms with Gasteiger partial charge < -0.3 is 14.4 Å². The SMILES string of the molecule is O=c1cc2n(cc1O)CCN(Cc1ccc(OC(F)(F)F)cc1)C2. The summed E-state index contributed by atoms with van der Waals surface area (Å²) < 4.78 is 42.1. The van der Waals surface area contributed by atoms with Crippen molar-refractivity contribution in [3.63, 3.8) is 0 Å². The fraction of sp³-hybridized carbons (Fsp3) is 0.312. The third kappa shape index (κ3) is 3.88. The number of aromatic nitrogens is 1. The van der Waals surface area contributed by atoms with E-state index < -0.39 is 11.8 Å². The Hall–Kier alpha value is -2.48. The molecule has 0 aliphatic carbocycles. The lowest BCUT2D eigenvalue weighted by atomic mass is 10.1. The molecule has 0 saturated heterocycles. The Labute approximate surface area is 135 Å². The first-order valence-electron chi connectivity index (χ1n) is 7.29. The Morgan fingerprint density at radius 3 is 2.54 bits per heavy atom. The van der Waals surface area contributed by atoms with Crippen LogP contribution in [0.15, 0.2) is 41.3 Å². The number of fused-ring (bicyclic) bond motifs is 1. The molecular formula is C16H15F3N2O3. The Morgan fingerprint density at radius 2 is 1.88 bits per heavy atom. The average molecular weight is 340 g/mol. The molecule has 1 N–H and O–H groups in total. The molecule has 0 bridgehead atoms. The van der Waals surface area contributed by atoms with E-state index >= 15 is 0 Å². The average Bonchev–Trinajstić information content (AvgIpc) is 2.49. The number of aromatic hydroxyl groups is 1. The normalized spacial score (nSPS) is 15.1. The topological polar surface area (TPSA) is 54.7 Å². The third-order valence-electron chi connectivity index (χ3n) is 3.80. The minimum Gasteiger partial charge on any atom is -0.503 e. The highest BCUT2D eigenvalue weighted by Gasteiger charge is 2.31. The number of ether oxygens (including phenoxy) is 1. The predicted octanol–water partition coefficient (Wildman–Crippen LogP) is 2.47. The first kappa shape index (κ1) is 16.4. The molecule has 24 heavy (non-hydrogen) atoms. The van der Waals surface area contributed by atoms with E-state index in [0.29, 0.717) is 26.2 Å². The predicted molar refractivity (Wildman–Crippen MR) is 79.6 cm³/mol. The lowest BCUT2D eigenvalue weighted by Crippen LogP contribution is -2.34. The van der Waals surface area contributed by atoms with Gasteiger partial charge in [-0.3, -0.25) is 9.69 Å². The number of benzene rings is 1. The molecule has 0 fully saturated rings. The van der Waals surface area contributed by atoms with Crippen LogP contribution >= 0.6 is 0 Å². The van der Waals surface area contributed by atoms with Gasteiger partial charge in [-0.1, -0.05) is 12.1 Å². The molecule has 2 heterocycles. The molecule has 0 radical (unpaired) electrons. The highest BCUT2D eigenvalue weighted by atomic mass is 19.4. The summed E-state index contributed by atoms with van der Waals surface area (Å²) >= 11 is 0. The molecule has 0 atom stereocenters. The lowest BCUT2D eigenvalue weighted by Gasteiger charge is -2.30. The Morgan fingerprint density at radius 1 is 1.17 bits per heavy atom. The van der Waals surface area contributed by atoms with Gasteiger partial charge in [0.1, 0.15) is 5.75 Å². The van der Waals surface area contributed by atoms with Crippen LogP contribution in [0.3, 0.4) is 0 Å². The number of pyridine rings is 1. The van der Waals surface area contributed by atoms with Crippen molar-refractivity contribution in [1.29, 1.82) is 0 Å². The second-order valence-electron chi connectivity index (χ2n) is 5.61. The van der Waals surface area contributed by atoms with E-state index in [0.717, 1.165) is 11.3 Å². The van der Waals surface area contributed by atoms with E-state index in [2.05, 4.69) is 9.64 Å². The summed E-state index contributed by atoms with van der Waals surface area (Å²) in [7, 11) is 0. The number of hydrogen-bond donors (Lipinski definition) is 1. The highest BCUT2D eigenvalue weighted by molar-refractivity contribution is 5.27. The van der Waals surface area contributed by atoms with E-state index in [1.54, 1.807) is 12.1 Å². The Bertz CT molecular complexity index is 785. The van der Waals surface area contributed by atoms with E-state index in [4.69, 9.17) is 0 Å². The van der Waals surface area contributed by atoms with Crippen LogP contribution < -0.4 is 10.2 Å². The fourth-order valence-corrected chi connectivity index (χ4v) is 2.69. The Balaban J connectivity index is 1.67. The maximum atomic E-state index is 12.1. The number of rotatable bonds is 3. The molecule has 0 spiro atoms. The zero-order chi connectivity index (χ0) is 17.3. The molecule has 0 amide bonds. The maximum Gasteiger partial charge on any atom is 0.573 e. The minimum absolute atomic E-state index is 0.253. The summed E-state index contributed by atoms with van der Waals surface area (Å²) in [5.41, 5.74) is 1.22. The van der Waals surface area contributed by atoms with Gasteiger partial charge in [-0.05, 0) is 17.7 Å². The zero-order valence-corrected chi connectivity index (χ0v) is 12.6. The summed E-state index contributed by atoms with van der Waals surface area (Å²) in [6, 6.07) is 7.13. The number of alkyl halides is 3. The van der Waals surface area contributed by atoms with Crippen LogP contribution in [0.2, 0.25) is 0 Å². The van der Waals surface area contributed by atoms with Crippen LogP contribution in [0.4, 0.5) is 13.2 Å². The number of nitrogens with zero attached hydrogens (tertiary/aromatic N) is 2. The molecule has 128 valence electrons. The summed E-state index contributed by atoms with van der Waals surface area (Å²) in [5, 5.41) is 9.44. The van der Waals surface area contributed by atoms with Gasteiger partial charge in [0.15, 0.2) is 5.75 Å². The molecule has 1 aliphatic heterocycles. The van der Waals surface area contributed by atoms with E-state index in [1.165, 1.54) is 24.4 Å². The van der Waals surface area contributed by atoms with Gasteiger partial charge in [0.25, 0.3) is 0 Å². The molecular weight excluding hydrogens is 325 g/mol. The van der Waals surface area contributed by atoms with Gasteiger partial charge in [0.05, 0.1) is 6.20 Å². The molecule has 2 aromatic rings.